The van der Waals surface area contributed by atoms with E-state index >= 15 is 0 Å². The molecule has 0 radical (unpaired) electrons. The minimum atomic E-state index is 0.365. The van der Waals surface area contributed by atoms with Gasteiger partial charge in [0.05, 0.1) is 0 Å². The molecule has 1 saturated carbocycles. The molecule has 0 unspecified atom stereocenters. The highest BCUT2D eigenvalue weighted by molar-refractivity contribution is 5.76. The van der Waals surface area contributed by atoms with Gasteiger partial charge in [-0.05, 0) is 31.6 Å². The van der Waals surface area contributed by atoms with Crippen LogP contribution >= 0.6 is 0 Å². The fourth-order valence-corrected chi connectivity index (χ4v) is 2.57. The van der Waals surface area contributed by atoms with E-state index < -0.39 is 0 Å². The minimum Gasteiger partial charge on any atom is -0.339 e. The third kappa shape index (κ3) is 1.23. The molecule has 3 fully saturated rings. The second-order valence-electron chi connectivity index (χ2n) is 4.07. The zero-order valence-corrected chi connectivity index (χ0v) is 7.75. The van der Waals surface area contributed by atoms with Crippen LogP contribution in [0.2, 0.25) is 0 Å². The van der Waals surface area contributed by atoms with Gasteiger partial charge in [0.2, 0.25) is 5.91 Å². The van der Waals surface area contributed by atoms with Gasteiger partial charge in [0, 0.05) is 19.0 Å². The van der Waals surface area contributed by atoms with Crippen LogP contribution in [0, 0.1) is 5.92 Å². The maximum Gasteiger partial charge on any atom is 0.222 e. The monoisotopic (exact) mass is 167 g/mol. The van der Waals surface area contributed by atoms with Crippen LogP contribution in [0.1, 0.15) is 39.0 Å². The van der Waals surface area contributed by atoms with Crippen LogP contribution in [-0.4, -0.2) is 23.4 Å². The first kappa shape index (κ1) is 8.09. The smallest absolute Gasteiger partial charge is 0.222 e. The van der Waals surface area contributed by atoms with E-state index in [0.29, 0.717) is 18.4 Å². The number of carbonyl (C=O) groups excluding carboxylic acids is 1. The van der Waals surface area contributed by atoms with Gasteiger partial charge < -0.3 is 4.90 Å². The van der Waals surface area contributed by atoms with Crippen LogP contribution in [-0.2, 0) is 4.79 Å². The SMILES string of the molecule is CCC(=O)N1CC2CCC1CC2. The summed E-state index contributed by atoms with van der Waals surface area (Å²) in [5, 5.41) is 0. The summed E-state index contributed by atoms with van der Waals surface area (Å²) < 4.78 is 0. The summed E-state index contributed by atoms with van der Waals surface area (Å²) in [5.74, 6) is 1.19. The Balaban J connectivity index is 2.03. The van der Waals surface area contributed by atoms with Crippen LogP contribution in [0.5, 0.6) is 0 Å². The molecule has 3 aliphatic rings. The lowest BCUT2D eigenvalue weighted by Gasteiger charge is -2.45. The Morgan fingerprint density at radius 1 is 1.33 bits per heavy atom. The normalized spacial score (nSPS) is 33.9. The Morgan fingerprint density at radius 3 is 2.42 bits per heavy atom. The Hall–Kier alpha value is -0.530. The number of fused-ring (bicyclic) bond motifs is 3. The molecule has 1 amide bonds. The van der Waals surface area contributed by atoms with Gasteiger partial charge in [0.1, 0.15) is 0 Å². The summed E-state index contributed by atoms with van der Waals surface area (Å²) in [5.41, 5.74) is 0. The van der Waals surface area contributed by atoms with Crippen molar-refractivity contribution in [2.45, 2.75) is 45.1 Å². The molecule has 0 aromatic rings. The van der Waals surface area contributed by atoms with Crippen molar-refractivity contribution in [2.24, 2.45) is 5.92 Å². The average Bonchev–Trinajstić information content (AvgIpc) is 2.18. The number of piperidine rings is 2. The molecular formula is C10H17NO. The highest BCUT2D eigenvalue weighted by atomic mass is 16.2. The lowest BCUT2D eigenvalue weighted by Crippen LogP contribution is -2.50. The lowest BCUT2D eigenvalue weighted by atomic mass is 9.80. The van der Waals surface area contributed by atoms with E-state index in [4.69, 9.17) is 0 Å². The number of rotatable bonds is 1. The topological polar surface area (TPSA) is 20.3 Å². The Kier molecular flexibility index (Phi) is 2.07. The van der Waals surface area contributed by atoms with Gasteiger partial charge in [-0.3, -0.25) is 4.79 Å². The molecule has 12 heavy (non-hydrogen) atoms. The number of hydrogen-bond acceptors (Lipinski definition) is 1. The lowest BCUT2D eigenvalue weighted by molar-refractivity contribution is -0.138. The van der Waals surface area contributed by atoms with Gasteiger partial charge in [-0.25, -0.2) is 0 Å². The van der Waals surface area contributed by atoms with Gasteiger partial charge >= 0.3 is 0 Å². The summed E-state index contributed by atoms with van der Waals surface area (Å²) in [4.78, 5) is 13.6. The third-order valence-electron chi connectivity index (χ3n) is 3.33. The second kappa shape index (κ2) is 3.08. The Labute approximate surface area is 73.9 Å². The number of carbonyl (C=O) groups is 1. The average molecular weight is 167 g/mol. The van der Waals surface area contributed by atoms with Crippen LogP contribution in [0.15, 0.2) is 0 Å². The summed E-state index contributed by atoms with van der Waals surface area (Å²) in [7, 11) is 0. The molecule has 0 spiro atoms. The second-order valence-corrected chi connectivity index (χ2v) is 4.07. The zero-order valence-electron chi connectivity index (χ0n) is 7.75. The molecule has 2 nitrogen and oxygen atoms in total. The molecule has 2 saturated heterocycles. The number of hydrogen-bond donors (Lipinski definition) is 0. The van der Waals surface area contributed by atoms with Crippen LogP contribution in [0.4, 0.5) is 0 Å². The molecule has 0 N–H and O–H groups in total. The van der Waals surface area contributed by atoms with Crippen LogP contribution in [0.3, 0.4) is 0 Å². The molecule has 68 valence electrons. The van der Waals surface area contributed by atoms with Crippen molar-refractivity contribution in [3.63, 3.8) is 0 Å². The standard InChI is InChI=1S/C10H17NO/c1-2-10(12)11-7-8-3-5-9(11)6-4-8/h8-9H,2-7H2,1H3. The van der Waals surface area contributed by atoms with Gasteiger partial charge in [-0.2, -0.15) is 0 Å². The largest absolute Gasteiger partial charge is 0.339 e. The van der Waals surface area contributed by atoms with Gasteiger partial charge in [-0.1, -0.05) is 6.92 Å². The van der Waals surface area contributed by atoms with E-state index in [0.717, 1.165) is 12.5 Å². The molecule has 0 atom stereocenters. The predicted octanol–water partition coefficient (Wildman–Crippen LogP) is 1.80. The molecular weight excluding hydrogens is 150 g/mol. The van der Waals surface area contributed by atoms with Crippen molar-refractivity contribution >= 4 is 5.91 Å². The Bertz CT molecular complexity index is 182. The molecule has 2 heterocycles. The number of nitrogens with zero attached hydrogens (tertiary/aromatic N) is 1. The van der Waals surface area contributed by atoms with Crippen molar-refractivity contribution in [3.05, 3.63) is 0 Å². The highest BCUT2D eigenvalue weighted by Gasteiger charge is 2.35. The van der Waals surface area contributed by atoms with E-state index in [1.165, 1.54) is 25.7 Å². The highest BCUT2D eigenvalue weighted by Crippen LogP contribution is 2.34. The zero-order chi connectivity index (χ0) is 8.55. The summed E-state index contributed by atoms with van der Waals surface area (Å²) in [6.45, 7) is 3.02. The van der Waals surface area contributed by atoms with Crippen molar-refractivity contribution in [3.8, 4) is 0 Å². The fraction of sp³-hybridized carbons (Fsp3) is 0.900. The van der Waals surface area contributed by atoms with E-state index in [1.54, 1.807) is 0 Å². The van der Waals surface area contributed by atoms with E-state index in [-0.39, 0.29) is 0 Å². The first-order chi connectivity index (χ1) is 5.81. The first-order valence-corrected chi connectivity index (χ1v) is 5.10. The summed E-state index contributed by atoms with van der Waals surface area (Å²) in [6.07, 6.45) is 5.92. The number of amides is 1. The van der Waals surface area contributed by atoms with Crippen molar-refractivity contribution in [2.75, 3.05) is 6.54 Å². The predicted molar refractivity (Wildman–Crippen MR) is 47.8 cm³/mol. The summed E-state index contributed by atoms with van der Waals surface area (Å²) in [6, 6.07) is 0.599. The fourth-order valence-electron chi connectivity index (χ4n) is 2.57. The molecule has 0 aromatic heterocycles. The third-order valence-corrected chi connectivity index (χ3v) is 3.33. The molecule has 1 aliphatic carbocycles. The summed E-state index contributed by atoms with van der Waals surface area (Å²) >= 11 is 0. The van der Waals surface area contributed by atoms with E-state index in [9.17, 15) is 4.79 Å². The van der Waals surface area contributed by atoms with Crippen molar-refractivity contribution in [1.29, 1.82) is 0 Å². The minimum absolute atomic E-state index is 0.365. The molecule has 0 aromatic carbocycles. The van der Waals surface area contributed by atoms with Gasteiger partial charge in [0.15, 0.2) is 0 Å². The Morgan fingerprint density at radius 2 is 2.00 bits per heavy atom. The van der Waals surface area contributed by atoms with Crippen molar-refractivity contribution in [1.82, 2.24) is 4.90 Å². The molecule has 2 heteroatoms. The maximum atomic E-state index is 11.5. The van der Waals surface area contributed by atoms with Crippen molar-refractivity contribution < 1.29 is 4.79 Å². The molecule has 3 rings (SSSR count). The van der Waals surface area contributed by atoms with Crippen LogP contribution in [0.25, 0.3) is 0 Å². The van der Waals surface area contributed by atoms with E-state index in [2.05, 4.69) is 4.90 Å². The van der Waals surface area contributed by atoms with Crippen LogP contribution < -0.4 is 0 Å². The molecule has 2 bridgehead atoms. The van der Waals surface area contributed by atoms with E-state index in [1.807, 2.05) is 6.92 Å². The van der Waals surface area contributed by atoms with Gasteiger partial charge in [0.25, 0.3) is 0 Å². The first-order valence-electron chi connectivity index (χ1n) is 5.10. The van der Waals surface area contributed by atoms with Gasteiger partial charge in [-0.15, -0.1) is 0 Å². The quantitative estimate of drug-likeness (QED) is 0.583. The maximum absolute atomic E-state index is 11.5. The molecule has 2 aliphatic heterocycles.